The van der Waals surface area contributed by atoms with Gasteiger partial charge < -0.3 is 15.0 Å². The molecule has 3 aromatic rings. The van der Waals surface area contributed by atoms with Crippen molar-refractivity contribution >= 4 is 16.7 Å². The maximum absolute atomic E-state index is 5.12. The van der Waals surface area contributed by atoms with E-state index in [1.807, 2.05) is 18.3 Å². The fourth-order valence-corrected chi connectivity index (χ4v) is 3.64. The molecule has 0 aliphatic carbocycles. The summed E-state index contributed by atoms with van der Waals surface area (Å²) in [6, 6.07) is 14.6. The molecule has 0 spiro atoms. The van der Waals surface area contributed by atoms with Crippen molar-refractivity contribution in [2.45, 2.75) is 32.4 Å². The molecule has 4 rings (SSSR count). The fraction of sp³-hybridized carbons (Fsp3) is 0.364. The summed E-state index contributed by atoms with van der Waals surface area (Å²) in [6.45, 7) is 3.75. The molecule has 0 radical (unpaired) electrons. The van der Waals surface area contributed by atoms with Crippen LogP contribution in [0.5, 0.6) is 5.88 Å². The second-order valence-electron chi connectivity index (χ2n) is 7.02. The average molecular weight is 362 g/mol. The minimum Gasteiger partial charge on any atom is -0.481 e. The summed E-state index contributed by atoms with van der Waals surface area (Å²) >= 11 is 0. The number of nitrogens with one attached hydrogen (secondary N) is 1. The van der Waals surface area contributed by atoms with Crippen LogP contribution in [0, 0.1) is 0 Å². The second-order valence-corrected chi connectivity index (χ2v) is 7.02. The summed E-state index contributed by atoms with van der Waals surface area (Å²) in [4.78, 5) is 11.7. The molecule has 27 heavy (non-hydrogen) atoms. The van der Waals surface area contributed by atoms with Gasteiger partial charge in [0, 0.05) is 49.4 Å². The Bertz CT molecular complexity index is 888. The number of para-hydroxylation sites is 1. The van der Waals surface area contributed by atoms with Crippen LogP contribution in [-0.4, -0.2) is 30.2 Å². The Morgan fingerprint density at radius 3 is 2.67 bits per heavy atom. The number of fused-ring (bicyclic) bond motifs is 1. The van der Waals surface area contributed by atoms with E-state index in [1.54, 1.807) is 7.11 Å². The highest BCUT2D eigenvalue weighted by Crippen LogP contribution is 2.26. The lowest BCUT2D eigenvalue weighted by atomic mass is 10.1. The monoisotopic (exact) mass is 362 g/mol. The molecule has 1 aliphatic rings. The molecule has 1 aliphatic heterocycles. The van der Waals surface area contributed by atoms with E-state index >= 15 is 0 Å². The molecule has 140 valence electrons. The largest absolute Gasteiger partial charge is 0.481 e. The van der Waals surface area contributed by atoms with E-state index in [0.717, 1.165) is 43.1 Å². The Labute approximate surface area is 160 Å². The predicted molar refractivity (Wildman–Crippen MR) is 109 cm³/mol. The summed E-state index contributed by atoms with van der Waals surface area (Å²) in [7, 11) is 1.63. The number of pyridine rings is 2. The first-order chi connectivity index (χ1) is 13.3. The number of hydrogen-bond acceptors (Lipinski definition) is 5. The number of benzene rings is 1. The van der Waals surface area contributed by atoms with Crippen LogP contribution in [0.15, 0.2) is 48.7 Å². The van der Waals surface area contributed by atoms with Crippen LogP contribution >= 0.6 is 0 Å². The van der Waals surface area contributed by atoms with E-state index in [9.17, 15) is 0 Å². The van der Waals surface area contributed by atoms with Gasteiger partial charge in [-0.25, -0.2) is 9.97 Å². The zero-order chi connectivity index (χ0) is 18.5. The van der Waals surface area contributed by atoms with Crippen LogP contribution in [0.25, 0.3) is 10.9 Å². The van der Waals surface area contributed by atoms with Gasteiger partial charge in [0.2, 0.25) is 5.88 Å². The maximum atomic E-state index is 5.12. The first-order valence-electron chi connectivity index (χ1n) is 9.67. The van der Waals surface area contributed by atoms with Gasteiger partial charge in [0.05, 0.1) is 12.6 Å². The van der Waals surface area contributed by atoms with Crippen molar-refractivity contribution in [1.29, 1.82) is 0 Å². The van der Waals surface area contributed by atoms with Gasteiger partial charge in [-0.05, 0) is 37.0 Å². The number of methoxy groups -OCH3 is 1. The van der Waals surface area contributed by atoms with Gasteiger partial charge in [-0.3, -0.25) is 0 Å². The molecule has 0 unspecified atom stereocenters. The third-order valence-corrected chi connectivity index (χ3v) is 5.09. The van der Waals surface area contributed by atoms with Crippen LogP contribution in [0.4, 0.5) is 5.82 Å². The van der Waals surface area contributed by atoms with Crippen molar-refractivity contribution in [2.24, 2.45) is 0 Å². The summed E-state index contributed by atoms with van der Waals surface area (Å²) in [5, 5.41) is 4.75. The van der Waals surface area contributed by atoms with Crippen molar-refractivity contribution in [3.05, 3.63) is 59.8 Å². The lowest BCUT2D eigenvalue weighted by Gasteiger charge is -2.30. The van der Waals surface area contributed by atoms with E-state index in [1.165, 1.54) is 30.2 Å². The van der Waals surface area contributed by atoms with E-state index in [-0.39, 0.29) is 0 Å². The molecule has 1 aromatic carbocycles. The number of hydrogen-bond donors (Lipinski definition) is 1. The molecular weight excluding hydrogens is 336 g/mol. The fourth-order valence-electron chi connectivity index (χ4n) is 3.64. The van der Waals surface area contributed by atoms with Gasteiger partial charge in [0.1, 0.15) is 5.82 Å². The second kappa shape index (κ2) is 8.35. The average Bonchev–Trinajstić information content (AvgIpc) is 2.74. The van der Waals surface area contributed by atoms with Crippen molar-refractivity contribution in [3.63, 3.8) is 0 Å². The lowest BCUT2D eigenvalue weighted by Crippen LogP contribution is -2.31. The van der Waals surface area contributed by atoms with Crippen LogP contribution in [0.1, 0.15) is 30.4 Å². The highest BCUT2D eigenvalue weighted by molar-refractivity contribution is 5.81. The van der Waals surface area contributed by atoms with Gasteiger partial charge >= 0.3 is 0 Å². The number of anilines is 1. The van der Waals surface area contributed by atoms with Gasteiger partial charge in [0.25, 0.3) is 0 Å². The first kappa shape index (κ1) is 17.7. The highest BCUT2D eigenvalue weighted by atomic mass is 16.5. The summed E-state index contributed by atoms with van der Waals surface area (Å²) in [5.74, 6) is 1.78. The standard InChI is InChI=1S/C22H26N4O/c1-27-21-10-9-17(15-24-21)14-23-16-19-13-18-7-3-4-8-20(18)25-22(19)26-11-5-2-6-12-26/h3-4,7-10,13,15,23H,2,5-6,11-12,14,16H2,1H3. The highest BCUT2D eigenvalue weighted by Gasteiger charge is 2.16. The molecule has 5 heteroatoms. The minimum atomic E-state index is 0.643. The first-order valence-corrected chi connectivity index (χ1v) is 9.67. The number of ether oxygens (including phenoxy) is 1. The Hall–Kier alpha value is -2.66. The third-order valence-electron chi connectivity index (χ3n) is 5.09. The molecule has 1 N–H and O–H groups in total. The van der Waals surface area contributed by atoms with Gasteiger partial charge in [-0.15, -0.1) is 0 Å². The van der Waals surface area contributed by atoms with Crippen LogP contribution in [0.3, 0.4) is 0 Å². The Morgan fingerprint density at radius 2 is 1.89 bits per heavy atom. The maximum Gasteiger partial charge on any atom is 0.212 e. The zero-order valence-corrected chi connectivity index (χ0v) is 15.8. The summed E-state index contributed by atoms with van der Waals surface area (Å²) in [6.07, 6.45) is 5.68. The van der Waals surface area contributed by atoms with E-state index < -0.39 is 0 Å². The molecule has 1 fully saturated rings. The van der Waals surface area contributed by atoms with Gasteiger partial charge in [-0.2, -0.15) is 0 Å². The molecule has 2 aromatic heterocycles. The van der Waals surface area contributed by atoms with Crippen LogP contribution in [0.2, 0.25) is 0 Å². The molecular formula is C22H26N4O. The number of piperidine rings is 1. The van der Waals surface area contributed by atoms with E-state index in [0.29, 0.717) is 5.88 Å². The Balaban J connectivity index is 1.53. The smallest absolute Gasteiger partial charge is 0.212 e. The van der Waals surface area contributed by atoms with Crippen LogP contribution in [-0.2, 0) is 13.1 Å². The van der Waals surface area contributed by atoms with Gasteiger partial charge in [-0.1, -0.05) is 24.3 Å². The number of aromatic nitrogens is 2. The molecule has 5 nitrogen and oxygen atoms in total. The lowest BCUT2D eigenvalue weighted by molar-refractivity contribution is 0.397. The summed E-state index contributed by atoms with van der Waals surface area (Å²) in [5.41, 5.74) is 3.47. The summed E-state index contributed by atoms with van der Waals surface area (Å²) < 4.78 is 5.12. The Morgan fingerprint density at radius 1 is 1.04 bits per heavy atom. The molecule has 0 amide bonds. The third kappa shape index (κ3) is 4.19. The predicted octanol–water partition coefficient (Wildman–Crippen LogP) is 3.92. The van der Waals surface area contributed by atoms with E-state index in [4.69, 9.17) is 9.72 Å². The molecule has 0 saturated carbocycles. The van der Waals surface area contributed by atoms with Crippen LogP contribution < -0.4 is 15.0 Å². The van der Waals surface area contributed by atoms with Gasteiger partial charge in [0.15, 0.2) is 0 Å². The quantitative estimate of drug-likeness (QED) is 0.720. The minimum absolute atomic E-state index is 0.643. The zero-order valence-electron chi connectivity index (χ0n) is 15.8. The van der Waals surface area contributed by atoms with Crippen molar-refractivity contribution in [2.75, 3.05) is 25.1 Å². The number of nitrogens with zero attached hydrogens (tertiary/aromatic N) is 3. The molecule has 1 saturated heterocycles. The SMILES string of the molecule is COc1ccc(CNCc2cc3ccccc3nc2N2CCCCC2)cn1. The van der Waals surface area contributed by atoms with Crippen molar-refractivity contribution in [1.82, 2.24) is 15.3 Å². The van der Waals surface area contributed by atoms with Crippen molar-refractivity contribution < 1.29 is 4.74 Å². The number of rotatable bonds is 6. The molecule has 0 atom stereocenters. The topological polar surface area (TPSA) is 50.3 Å². The molecule has 0 bridgehead atoms. The Kier molecular flexibility index (Phi) is 5.49. The molecule has 3 heterocycles. The van der Waals surface area contributed by atoms with E-state index in [2.05, 4.69) is 45.5 Å². The normalized spacial score (nSPS) is 14.5. The van der Waals surface area contributed by atoms with Crippen molar-refractivity contribution in [3.8, 4) is 5.88 Å².